The largest absolute Gasteiger partial charge is 0.461 e. The first kappa shape index (κ1) is 24.5. The molecule has 1 rings (SSSR count). The van der Waals surface area contributed by atoms with Crippen LogP contribution in [-0.2, 0) is 16.1 Å². The lowest BCUT2D eigenvalue weighted by Crippen LogP contribution is -2.04. The molecule has 0 fully saturated rings. The molecule has 28 heavy (non-hydrogen) atoms. The zero-order valence-corrected chi connectivity index (χ0v) is 17.9. The average molecular weight is 393 g/mol. The van der Waals surface area contributed by atoms with E-state index in [1.807, 2.05) is 0 Å². The maximum atomic E-state index is 11.7. The van der Waals surface area contributed by atoms with Crippen LogP contribution in [0, 0.1) is 0 Å². The molecule has 1 aromatic rings. The minimum Gasteiger partial charge on any atom is -0.461 e. The zero-order valence-electron chi connectivity index (χ0n) is 17.9. The van der Waals surface area contributed by atoms with Gasteiger partial charge in [-0.15, -0.1) is 0 Å². The highest BCUT2D eigenvalue weighted by Crippen LogP contribution is 2.14. The van der Waals surface area contributed by atoms with E-state index < -0.39 is 0 Å². The molecule has 0 atom stereocenters. The number of unbranched alkanes of at least 4 members (excludes halogenated alkanes) is 14. The standard InChI is InChI=1S/C24H40O4/c1-2-3-4-5-6-7-8-9-10-11-12-13-14-15-16-17-24(26)28-21-22-18-19-27-23(22)20-25/h18-20H,2-17,21H2,1H3. The molecule has 0 aromatic carbocycles. The Hall–Kier alpha value is -1.58. The molecule has 1 aromatic heterocycles. The Morgan fingerprint density at radius 3 is 1.86 bits per heavy atom. The number of esters is 1. The van der Waals surface area contributed by atoms with Crippen LogP contribution in [0.2, 0.25) is 0 Å². The van der Waals surface area contributed by atoms with Gasteiger partial charge in [-0.05, 0) is 12.5 Å². The molecule has 0 spiro atoms. The van der Waals surface area contributed by atoms with Gasteiger partial charge in [-0.3, -0.25) is 9.59 Å². The summed E-state index contributed by atoms with van der Waals surface area (Å²) in [5.41, 5.74) is 0.625. The van der Waals surface area contributed by atoms with E-state index in [0.29, 0.717) is 18.3 Å². The molecule has 0 aliphatic carbocycles. The summed E-state index contributed by atoms with van der Waals surface area (Å²) in [7, 11) is 0. The predicted octanol–water partition coefficient (Wildman–Crippen LogP) is 7.40. The van der Waals surface area contributed by atoms with Crippen LogP contribution in [-0.4, -0.2) is 12.3 Å². The zero-order chi connectivity index (χ0) is 20.3. The molecule has 4 nitrogen and oxygen atoms in total. The second-order valence-corrected chi connectivity index (χ2v) is 7.79. The highest BCUT2D eigenvalue weighted by Gasteiger charge is 2.08. The summed E-state index contributed by atoms with van der Waals surface area (Å²) in [6.07, 6.45) is 22.2. The SMILES string of the molecule is CCCCCCCCCCCCCCCCCC(=O)OCc1ccoc1C=O. The summed E-state index contributed by atoms with van der Waals surface area (Å²) in [5, 5.41) is 0. The van der Waals surface area contributed by atoms with Crippen molar-refractivity contribution in [2.75, 3.05) is 0 Å². The van der Waals surface area contributed by atoms with E-state index in [1.54, 1.807) is 6.07 Å². The lowest BCUT2D eigenvalue weighted by Gasteiger charge is -2.05. The number of ether oxygens (including phenoxy) is 1. The van der Waals surface area contributed by atoms with Gasteiger partial charge in [0.2, 0.25) is 0 Å². The van der Waals surface area contributed by atoms with Crippen LogP contribution in [0.4, 0.5) is 0 Å². The average Bonchev–Trinajstić information content (AvgIpc) is 3.17. The summed E-state index contributed by atoms with van der Waals surface area (Å²) in [4.78, 5) is 22.5. The van der Waals surface area contributed by atoms with E-state index >= 15 is 0 Å². The van der Waals surface area contributed by atoms with Crippen LogP contribution in [0.25, 0.3) is 0 Å². The van der Waals surface area contributed by atoms with Gasteiger partial charge in [0.1, 0.15) is 6.61 Å². The molecule has 0 amide bonds. The smallest absolute Gasteiger partial charge is 0.306 e. The van der Waals surface area contributed by atoms with Gasteiger partial charge in [-0.1, -0.05) is 96.8 Å². The summed E-state index contributed by atoms with van der Waals surface area (Å²) in [6.45, 7) is 2.38. The van der Waals surface area contributed by atoms with Gasteiger partial charge in [0.15, 0.2) is 12.0 Å². The second-order valence-electron chi connectivity index (χ2n) is 7.79. The first-order chi connectivity index (χ1) is 13.8. The number of rotatable bonds is 19. The molecule has 0 unspecified atom stereocenters. The van der Waals surface area contributed by atoms with E-state index in [4.69, 9.17) is 9.15 Å². The van der Waals surface area contributed by atoms with Gasteiger partial charge in [0.25, 0.3) is 0 Å². The van der Waals surface area contributed by atoms with Gasteiger partial charge in [0, 0.05) is 12.0 Å². The van der Waals surface area contributed by atoms with E-state index in [9.17, 15) is 9.59 Å². The molecular weight excluding hydrogens is 352 g/mol. The van der Waals surface area contributed by atoms with Crippen LogP contribution >= 0.6 is 0 Å². The number of hydrogen-bond acceptors (Lipinski definition) is 4. The van der Waals surface area contributed by atoms with Gasteiger partial charge in [-0.2, -0.15) is 0 Å². The third-order valence-electron chi connectivity index (χ3n) is 5.26. The van der Waals surface area contributed by atoms with Gasteiger partial charge in [-0.25, -0.2) is 0 Å². The predicted molar refractivity (Wildman–Crippen MR) is 113 cm³/mol. The molecule has 160 valence electrons. The molecule has 0 saturated heterocycles. The Morgan fingerprint density at radius 2 is 1.36 bits per heavy atom. The quantitative estimate of drug-likeness (QED) is 0.140. The summed E-state index contributed by atoms with van der Waals surface area (Å²) < 4.78 is 10.2. The Kier molecular flexibility index (Phi) is 15.3. The number of carbonyl (C=O) groups is 2. The summed E-state index contributed by atoms with van der Waals surface area (Å²) >= 11 is 0. The van der Waals surface area contributed by atoms with Crippen molar-refractivity contribution in [2.24, 2.45) is 0 Å². The van der Waals surface area contributed by atoms with E-state index in [0.717, 1.165) is 12.8 Å². The van der Waals surface area contributed by atoms with Crippen molar-refractivity contribution >= 4 is 12.3 Å². The van der Waals surface area contributed by atoms with Crippen molar-refractivity contribution in [3.63, 3.8) is 0 Å². The van der Waals surface area contributed by atoms with E-state index in [1.165, 1.54) is 89.7 Å². The van der Waals surface area contributed by atoms with Crippen LogP contribution in [0.15, 0.2) is 16.7 Å². The topological polar surface area (TPSA) is 56.5 Å². The first-order valence-corrected chi connectivity index (χ1v) is 11.4. The maximum absolute atomic E-state index is 11.7. The van der Waals surface area contributed by atoms with E-state index in [-0.39, 0.29) is 18.3 Å². The van der Waals surface area contributed by atoms with Crippen molar-refractivity contribution in [1.29, 1.82) is 0 Å². The molecule has 0 radical (unpaired) electrons. The number of carbonyl (C=O) groups excluding carboxylic acids is 2. The van der Waals surface area contributed by atoms with Crippen molar-refractivity contribution in [2.45, 2.75) is 116 Å². The van der Waals surface area contributed by atoms with Gasteiger partial charge >= 0.3 is 5.97 Å². The van der Waals surface area contributed by atoms with Crippen molar-refractivity contribution in [1.82, 2.24) is 0 Å². The Bertz CT molecular complexity index is 506. The summed E-state index contributed by atoms with van der Waals surface area (Å²) in [5.74, 6) is 0.0347. The highest BCUT2D eigenvalue weighted by atomic mass is 16.5. The molecule has 0 bridgehead atoms. The molecule has 1 heterocycles. The van der Waals surface area contributed by atoms with Crippen molar-refractivity contribution < 1.29 is 18.7 Å². The van der Waals surface area contributed by atoms with Crippen LogP contribution in [0.5, 0.6) is 0 Å². The number of furan rings is 1. The molecule has 4 heteroatoms. The lowest BCUT2D eigenvalue weighted by atomic mass is 10.0. The van der Waals surface area contributed by atoms with Gasteiger partial charge in [0.05, 0.1) is 6.26 Å². The molecule has 0 aliphatic heterocycles. The Morgan fingerprint density at radius 1 is 0.857 bits per heavy atom. The normalized spacial score (nSPS) is 10.9. The fraction of sp³-hybridized carbons (Fsp3) is 0.750. The second kappa shape index (κ2) is 17.5. The minimum atomic E-state index is -0.201. The lowest BCUT2D eigenvalue weighted by molar-refractivity contribution is -0.145. The van der Waals surface area contributed by atoms with Crippen LogP contribution in [0.3, 0.4) is 0 Å². The van der Waals surface area contributed by atoms with Gasteiger partial charge < -0.3 is 9.15 Å². The van der Waals surface area contributed by atoms with Crippen LogP contribution in [0.1, 0.15) is 126 Å². The first-order valence-electron chi connectivity index (χ1n) is 11.4. The highest BCUT2D eigenvalue weighted by molar-refractivity contribution is 5.73. The van der Waals surface area contributed by atoms with Crippen LogP contribution < -0.4 is 0 Å². The third kappa shape index (κ3) is 12.7. The third-order valence-corrected chi connectivity index (χ3v) is 5.26. The molecule has 0 aliphatic rings. The Labute approximate surface area is 171 Å². The summed E-state index contributed by atoms with van der Waals surface area (Å²) in [6, 6.07) is 1.66. The number of hydrogen-bond donors (Lipinski definition) is 0. The molecule has 0 saturated carbocycles. The minimum absolute atomic E-state index is 0.113. The molecular formula is C24H40O4. The van der Waals surface area contributed by atoms with Crippen molar-refractivity contribution in [3.05, 3.63) is 23.7 Å². The van der Waals surface area contributed by atoms with Crippen molar-refractivity contribution in [3.8, 4) is 0 Å². The fourth-order valence-electron chi connectivity index (χ4n) is 3.44. The number of aldehydes is 1. The maximum Gasteiger partial charge on any atom is 0.306 e. The fourth-order valence-corrected chi connectivity index (χ4v) is 3.44. The van der Waals surface area contributed by atoms with E-state index in [2.05, 4.69) is 6.92 Å². The molecule has 0 N–H and O–H groups in total. The monoisotopic (exact) mass is 392 g/mol. The Balaban J connectivity index is 1.81.